The number of aryl methyl sites for hydroxylation is 1. The first kappa shape index (κ1) is 19.1. The molecule has 1 aliphatic heterocycles. The van der Waals surface area contributed by atoms with Crippen molar-refractivity contribution >= 4 is 17.6 Å². The lowest BCUT2D eigenvalue weighted by molar-refractivity contribution is -0.136. The SMILES string of the molecule is Cc1ccccc1-n1nc(C(C)(C)C)cc1NC(=O)CN1CCCCC1=O. The fourth-order valence-electron chi connectivity index (χ4n) is 3.21. The lowest BCUT2D eigenvalue weighted by Crippen LogP contribution is -2.41. The maximum atomic E-state index is 12.6. The molecular formula is C21H28N4O2. The predicted molar refractivity (Wildman–Crippen MR) is 106 cm³/mol. The minimum absolute atomic E-state index is 0.0548. The highest BCUT2D eigenvalue weighted by Gasteiger charge is 2.24. The van der Waals surface area contributed by atoms with E-state index < -0.39 is 0 Å². The van der Waals surface area contributed by atoms with E-state index in [0.717, 1.165) is 29.8 Å². The maximum Gasteiger partial charge on any atom is 0.245 e. The third kappa shape index (κ3) is 4.38. The highest BCUT2D eigenvalue weighted by Crippen LogP contribution is 2.27. The zero-order chi connectivity index (χ0) is 19.6. The molecule has 6 nitrogen and oxygen atoms in total. The molecule has 0 atom stereocenters. The van der Waals surface area contributed by atoms with Gasteiger partial charge in [-0.05, 0) is 31.4 Å². The second-order valence-electron chi connectivity index (χ2n) is 8.18. The normalized spacial score (nSPS) is 15.1. The van der Waals surface area contributed by atoms with E-state index in [2.05, 4.69) is 26.1 Å². The highest BCUT2D eigenvalue weighted by atomic mass is 16.2. The lowest BCUT2D eigenvalue weighted by Gasteiger charge is -2.26. The van der Waals surface area contributed by atoms with Gasteiger partial charge in [-0.2, -0.15) is 5.10 Å². The number of anilines is 1. The molecule has 3 rings (SSSR count). The van der Waals surface area contributed by atoms with Crippen LogP contribution in [0.1, 0.15) is 51.3 Å². The fourth-order valence-corrected chi connectivity index (χ4v) is 3.21. The summed E-state index contributed by atoms with van der Waals surface area (Å²) in [6.45, 7) is 9.03. The predicted octanol–water partition coefficient (Wildman–Crippen LogP) is 3.43. The summed E-state index contributed by atoms with van der Waals surface area (Å²) in [6, 6.07) is 9.86. The molecule has 1 aromatic heterocycles. The Bertz CT molecular complexity index is 848. The number of nitrogens with one attached hydrogen (secondary N) is 1. The number of likely N-dealkylation sites (tertiary alicyclic amines) is 1. The standard InChI is InChI=1S/C21H28N4O2/c1-15-9-5-6-10-16(15)25-18(13-17(23-25)21(2,3)4)22-19(26)14-24-12-8-7-11-20(24)27/h5-6,9-10,13H,7-8,11-12,14H2,1-4H3,(H,22,26). The summed E-state index contributed by atoms with van der Waals surface area (Å²) in [5, 5.41) is 7.71. The number of benzene rings is 1. The Kier molecular flexibility index (Phi) is 5.35. The molecule has 0 saturated carbocycles. The Morgan fingerprint density at radius 3 is 2.63 bits per heavy atom. The van der Waals surface area contributed by atoms with E-state index in [1.807, 2.05) is 37.3 Å². The highest BCUT2D eigenvalue weighted by molar-refractivity contribution is 5.94. The van der Waals surface area contributed by atoms with Crippen LogP contribution in [0.15, 0.2) is 30.3 Å². The molecule has 144 valence electrons. The van der Waals surface area contributed by atoms with Crippen LogP contribution in [0.25, 0.3) is 5.69 Å². The van der Waals surface area contributed by atoms with Crippen LogP contribution < -0.4 is 5.32 Å². The minimum atomic E-state index is -0.194. The van der Waals surface area contributed by atoms with E-state index in [1.165, 1.54) is 0 Å². The second kappa shape index (κ2) is 7.55. The van der Waals surface area contributed by atoms with Gasteiger partial charge in [-0.3, -0.25) is 9.59 Å². The van der Waals surface area contributed by atoms with Crippen LogP contribution in [0.4, 0.5) is 5.82 Å². The van der Waals surface area contributed by atoms with Crippen LogP contribution >= 0.6 is 0 Å². The molecule has 27 heavy (non-hydrogen) atoms. The van der Waals surface area contributed by atoms with Crippen LogP contribution in [0.5, 0.6) is 0 Å². The molecule has 1 fully saturated rings. The Labute approximate surface area is 160 Å². The number of amides is 2. The third-order valence-corrected chi connectivity index (χ3v) is 4.84. The van der Waals surface area contributed by atoms with E-state index in [-0.39, 0.29) is 23.8 Å². The number of para-hydroxylation sites is 1. The molecule has 2 heterocycles. The van der Waals surface area contributed by atoms with Crippen LogP contribution in [0.3, 0.4) is 0 Å². The van der Waals surface area contributed by atoms with Gasteiger partial charge in [0, 0.05) is 24.4 Å². The van der Waals surface area contributed by atoms with Crippen molar-refractivity contribution < 1.29 is 9.59 Å². The van der Waals surface area contributed by atoms with E-state index in [1.54, 1.807) is 9.58 Å². The van der Waals surface area contributed by atoms with Crippen molar-refractivity contribution in [3.8, 4) is 5.69 Å². The van der Waals surface area contributed by atoms with Crippen molar-refractivity contribution in [2.24, 2.45) is 0 Å². The van der Waals surface area contributed by atoms with Crippen molar-refractivity contribution in [1.29, 1.82) is 0 Å². The Morgan fingerprint density at radius 2 is 1.96 bits per heavy atom. The number of carbonyl (C=O) groups is 2. The van der Waals surface area contributed by atoms with Crippen molar-refractivity contribution in [3.05, 3.63) is 41.6 Å². The summed E-state index contributed by atoms with van der Waals surface area (Å²) in [5.74, 6) is 0.489. The summed E-state index contributed by atoms with van der Waals surface area (Å²) >= 11 is 0. The van der Waals surface area contributed by atoms with Gasteiger partial charge in [-0.15, -0.1) is 0 Å². The number of carbonyl (C=O) groups excluding carboxylic acids is 2. The summed E-state index contributed by atoms with van der Waals surface area (Å²) < 4.78 is 1.78. The zero-order valence-corrected chi connectivity index (χ0v) is 16.6. The summed E-state index contributed by atoms with van der Waals surface area (Å²) in [4.78, 5) is 26.2. The van der Waals surface area contributed by atoms with Gasteiger partial charge in [-0.25, -0.2) is 4.68 Å². The maximum absolute atomic E-state index is 12.6. The summed E-state index contributed by atoms with van der Waals surface area (Å²) in [5.41, 5.74) is 2.76. The molecule has 0 spiro atoms. The van der Waals surface area contributed by atoms with Gasteiger partial charge < -0.3 is 10.2 Å². The molecular weight excluding hydrogens is 340 g/mol. The third-order valence-electron chi connectivity index (χ3n) is 4.84. The van der Waals surface area contributed by atoms with E-state index >= 15 is 0 Å². The van der Waals surface area contributed by atoms with Gasteiger partial charge in [-0.1, -0.05) is 39.0 Å². The second-order valence-corrected chi connectivity index (χ2v) is 8.18. The van der Waals surface area contributed by atoms with Gasteiger partial charge >= 0.3 is 0 Å². The molecule has 6 heteroatoms. The smallest absolute Gasteiger partial charge is 0.245 e. The molecule has 0 bridgehead atoms. The van der Waals surface area contributed by atoms with Crippen molar-refractivity contribution in [2.75, 3.05) is 18.4 Å². The molecule has 2 aromatic rings. The monoisotopic (exact) mass is 368 g/mol. The first-order valence-corrected chi connectivity index (χ1v) is 9.50. The number of hydrogen-bond acceptors (Lipinski definition) is 3. The molecule has 2 amide bonds. The number of rotatable bonds is 4. The molecule has 1 aromatic carbocycles. The molecule has 1 saturated heterocycles. The summed E-state index contributed by atoms with van der Waals surface area (Å²) in [7, 11) is 0. The van der Waals surface area contributed by atoms with Gasteiger partial charge in [0.25, 0.3) is 0 Å². The first-order chi connectivity index (χ1) is 12.8. The van der Waals surface area contributed by atoms with Gasteiger partial charge in [0.15, 0.2) is 0 Å². The first-order valence-electron chi connectivity index (χ1n) is 9.50. The van der Waals surface area contributed by atoms with Gasteiger partial charge in [0.1, 0.15) is 5.82 Å². The average Bonchev–Trinajstić information content (AvgIpc) is 3.01. The topological polar surface area (TPSA) is 67.2 Å². The lowest BCUT2D eigenvalue weighted by atomic mass is 9.92. The van der Waals surface area contributed by atoms with Crippen LogP contribution in [0, 0.1) is 6.92 Å². The molecule has 1 N–H and O–H groups in total. The number of aromatic nitrogens is 2. The number of nitrogens with zero attached hydrogens (tertiary/aromatic N) is 3. The van der Waals surface area contributed by atoms with Crippen molar-refractivity contribution in [1.82, 2.24) is 14.7 Å². The molecule has 0 radical (unpaired) electrons. The summed E-state index contributed by atoms with van der Waals surface area (Å²) in [6.07, 6.45) is 2.39. The van der Waals surface area contributed by atoms with Crippen molar-refractivity contribution in [3.63, 3.8) is 0 Å². The molecule has 0 unspecified atom stereocenters. The Morgan fingerprint density at radius 1 is 1.22 bits per heavy atom. The number of hydrogen-bond donors (Lipinski definition) is 1. The number of piperidine rings is 1. The van der Waals surface area contributed by atoms with Gasteiger partial charge in [0.2, 0.25) is 11.8 Å². The van der Waals surface area contributed by atoms with E-state index in [4.69, 9.17) is 5.10 Å². The van der Waals surface area contributed by atoms with Crippen LogP contribution in [0.2, 0.25) is 0 Å². The minimum Gasteiger partial charge on any atom is -0.333 e. The Hall–Kier alpha value is -2.63. The van der Waals surface area contributed by atoms with Crippen LogP contribution in [-0.4, -0.2) is 39.6 Å². The van der Waals surface area contributed by atoms with E-state index in [9.17, 15) is 9.59 Å². The average molecular weight is 368 g/mol. The quantitative estimate of drug-likeness (QED) is 0.899. The zero-order valence-electron chi connectivity index (χ0n) is 16.6. The fraction of sp³-hybridized carbons (Fsp3) is 0.476. The molecule has 1 aliphatic rings. The Balaban J connectivity index is 1.87. The van der Waals surface area contributed by atoms with Crippen molar-refractivity contribution in [2.45, 2.75) is 52.4 Å². The molecule has 0 aliphatic carbocycles. The van der Waals surface area contributed by atoms with Crippen LogP contribution in [-0.2, 0) is 15.0 Å². The largest absolute Gasteiger partial charge is 0.333 e. The van der Waals surface area contributed by atoms with Gasteiger partial charge in [0.05, 0.1) is 17.9 Å². The van der Waals surface area contributed by atoms with E-state index in [0.29, 0.717) is 18.8 Å².